The molecule has 0 aliphatic heterocycles. The van der Waals surface area contributed by atoms with Crippen LogP contribution in [-0.4, -0.2) is 39.6 Å². The molecule has 0 saturated heterocycles. The fourth-order valence-electron chi connectivity index (χ4n) is 1.85. The van der Waals surface area contributed by atoms with E-state index in [4.69, 9.17) is 4.74 Å². The predicted octanol–water partition coefficient (Wildman–Crippen LogP) is 1.53. The summed E-state index contributed by atoms with van der Waals surface area (Å²) in [5.41, 5.74) is -0.164. The van der Waals surface area contributed by atoms with Crippen LogP contribution in [0.15, 0.2) is 29.2 Å². The second-order valence-corrected chi connectivity index (χ2v) is 7.89. The van der Waals surface area contributed by atoms with Crippen LogP contribution in [0.4, 0.5) is 0 Å². The lowest BCUT2D eigenvalue weighted by Crippen LogP contribution is -2.40. The number of rotatable bonds is 6. The highest BCUT2D eigenvalue weighted by Crippen LogP contribution is 2.14. The van der Waals surface area contributed by atoms with Gasteiger partial charge in [0.15, 0.2) is 0 Å². The third-order valence-corrected chi connectivity index (χ3v) is 4.44. The van der Waals surface area contributed by atoms with E-state index in [2.05, 4.69) is 10.0 Å². The Morgan fingerprint density at radius 3 is 2.23 bits per heavy atom. The summed E-state index contributed by atoms with van der Waals surface area (Å²) < 4.78 is 31.8. The summed E-state index contributed by atoms with van der Waals surface area (Å²) in [4.78, 5) is 12.1. The van der Waals surface area contributed by atoms with E-state index in [0.29, 0.717) is 12.2 Å². The Morgan fingerprint density at radius 2 is 1.77 bits per heavy atom. The number of amides is 1. The van der Waals surface area contributed by atoms with Crippen LogP contribution in [0.25, 0.3) is 0 Å². The van der Waals surface area contributed by atoms with Crippen molar-refractivity contribution < 1.29 is 17.9 Å². The van der Waals surface area contributed by atoms with E-state index in [-0.39, 0.29) is 16.8 Å². The van der Waals surface area contributed by atoms with Crippen LogP contribution in [0.2, 0.25) is 0 Å². The minimum atomic E-state index is -3.59. The molecule has 0 aliphatic rings. The number of methoxy groups -OCH3 is 1. The maximum absolute atomic E-state index is 12.2. The van der Waals surface area contributed by atoms with Gasteiger partial charge in [0.25, 0.3) is 5.91 Å². The van der Waals surface area contributed by atoms with Crippen LogP contribution in [0.3, 0.4) is 0 Å². The highest BCUT2D eigenvalue weighted by Gasteiger charge is 2.22. The predicted molar refractivity (Wildman–Crippen MR) is 85.3 cm³/mol. The summed E-state index contributed by atoms with van der Waals surface area (Å²) >= 11 is 0. The van der Waals surface area contributed by atoms with E-state index in [9.17, 15) is 13.2 Å². The van der Waals surface area contributed by atoms with Crippen LogP contribution in [0.5, 0.6) is 0 Å². The van der Waals surface area contributed by atoms with Crippen LogP contribution >= 0.6 is 0 Å². The van der Waals surface area contributed by atoms with E-state index < -0.39 is 15.6 Å². The minimum Gasteiger partial charge on any atom is -0.383 e. The molecular weight excluding hydrogens is 304 g/mol. The maximum Gasteiger partial charge on any atom is 0.251 e. The first-order valence-corrected chi connectivity index (χ1v) is 8.47. The van der Waals surface area contributed by atoms with Gasteiger partial charge in [-0.3, -0.25) is 4.79 Å². The molecule has 1 rings (SSSR count). The number of benzene rings is 1. The van der Waals surface area contributed by atoms with Gasteiger partial charge in [0.1, 0.15) is 0 Å². The molecule has 0 saturated carbocycles. The minimum absolute atomic E-state index is 0.122. The SMILES string of the molecule is COC[C@@H](C)NC(=O)c1ccc(S(=O)(=O)NC(C)(C)C)cc1. The Morgan fingerprint density at radius 1 is 1.23 bits per heavy atom. The van der Waals surface area contributed by atoms with Crippen molar-refractivity contribution in [1.29, 1.82) is 0 Å². The van der Waals surface area contributed by atoms with Gasteiger partial charge in [-0.1, -0.05) is 0 Å². The van der Waals surface area contributed by atoms with Crippen LogP contribution < -0.4 is 10.0 Å². The van der Waals surface area contributed by atoms with E-state index in [1.807, 2.05) is 6.92 Å². The first kappa shape index (κ1) is 18.6. The van der Waals surface area contributed by atoms with Crippen molar-refractivity contribution in [2.75, 3.05) is 13.7 Å². The van der Waals surface area contributed by atoms with Crippen LogP contribution in [0, 0.1) is 0 Å². The molecule has 2 N–H and O–H groups in total. The van der Waals surface area contributed by atoms with E-state index in [0.717, 1.165) is 0 Å². The quantitative estimate of drug-likeness (QED) is 0.829. The highest BCUT2D eigenvalue weighted by molar-refractivity contribution is 7.89. The number of carbonyl (C=O) groups excluding carboxylic acids is 1. The van der Waals surface area contributed by atoms with Gasteiger partial charge in [-0.05, 0) is 52.0 Å². The van der Waals surface area contributed by atoms with Crippen molar-refractivity contribution in [3.63, 3.8) is 0 Å². The molecule has 0 aromatic heterocycles. The zero-order valence-electron chi connectivity index (χ0n) is 13.6. The summed E-state index contributed by atoms with van der Waals surface area (Å²) in [5.74, 6) is -0.266. The molecule has 0 radical (unpaired) electrons. The molecule has 0 aliphatic carbocycles. The number of carbonyl (C=O) groups is 1. The van der Waals surface area contributed by atoms with Crippen molar-refractivity contribution in [3.8, 4) is 0 Å². The average Bonchev–Trinajstić information content (AvgIpc) is 2.36. The van der Waals surface area contributed by atoms with Gasteiger partial charge in [0.2, 0.25) is 10.0 Å². The molecule has 6 nitrogen and oxygen atoms in total. The monoisotopic (exact) mass is 328 g/mol. The standard InChI is InChI=1S/C15H24N2O4S/c1-11(10-21-5)16-14(18)12-6-8-13(9-7-12)22(19,20)17-15(2,3)4/h6-9,11,17H,10H2,1-5H3,(H,16,18)/t11-/m1/s1. The first-order valence-electron chi connectivity index (χ1n) is 6.99. The van der Waals surface area contributed by atoms with E-state index in [1.165, 1.54) is 24.3 Å². The van der Waals surface area contributed by atoms with E-state index >= 15 is 0 Å². The molecule has 1 aromatic carbocycles. The fraction of sp³-hybridized carbons (Fsp3) is 0.533. The average molecular weight is 328 g/mol. The second kappa shape index (κ2) is 7.21. The molecule has 1 aromatic rings. The van der Waals surface area contributed by atoms with Crippen molar-refractivity contribution in [2.24, 2.45) is 0 Å². The van der Waals surface area contributed by atoms with Gasteiger partial charge in [0.05, 0.1) is 11.5 Å². The molecular formula is C15H24N2O4S. The van der Waals surface area contributed by atoms with Crippen molar-refractivity contribution in [2.45, 2.75) is 44.2 Å². The van der Waals surface area contributed by atoms with Gasteiger partial charge in [-0.15, -0.1) is 0 Å². The smallest absolute Gasteiger partial charge is 0.251 e. The molecule has 7 heteroatoms. The number of hydrogen-bond acceptors (Lipinski definition) is 4. The van der Waals surface area contributed by atoms with Crippen molar-refractivity contribution in [1.82, 2.24) is 10.0 Å². The largest absolute Gasteiger partial charge is 0.383 e. The number of ether oxygens (including phenoxy) is 1. The van der Waals surface area contributed by atoms with Gasteiger partial charge in [0, 0.05) is 24.3 Å². The van der Waals surface area contributed by atoms with E-state index in [1.54, 1.807) is 27.9 Å². The zero-order chi connectivity index (χ0) is 17.0. The summed E-state index contributed by atoms with van der Waals surface area (Å²) in [6, 6.07) is 5.70. The van der Waals surface area contributed by atoms with Gasteiger partial charge in [-0.25, -0.2) is 13.1 Å². The Balaban J connectivity index is 2.85. The third kappa shape index (κ3) is 5.75. The summed E-state index contributed by atoms with van der Waals surface area (Å²) in [5, 5.41) is 2.76. The Bertz CT molecular complexity index is 603. The van der Waals surface area contributed by atoms with Crippen molar-refractivity contribution in [3.05, 3.63) is 29.8 Å². The van der Waals surface area contributed by atoms with Gasteiger partial charge >= 0.3 is 0 Å². The molecule has 0 unspecified atom stereocenters. The molecule has 0 bridgehead atoms. The van der Waals surface area contributed by atoms with Crippen LogP contribution in [0.1, 0.15) is 38.1 Å². The second-order valence-electron chi connectivity index (χ2n) is 6.21. The lowest BCUT2D eigenvalue weighted by atomic mass is 10.1. The van der Waals surface area contributed by atoms with Crippen LogP contribution in [-0.2, 0) is 14.8 Å². The summed E-state index contributed by atoms with van der Waals surface area (Å²) in [6.07, 6.45) is 0. The fourth-order valence-corrected chi connectivity index (χ4v) is 3.26. The lowest BCUT2D eigenvalue weighted by Gasteiger charge is -2.20. The maximum atomic E-state index is 12.2. The number of hydrogen-bond donors (Lipinski definition) is 2. The molecule has 1 amide bonds. The third-order valence-electron chi connectivity index (χ3n) is 2.66. The Kier molecular flexibility index (Phi) is 6.10. The van der Waals surface area contributed by atoms with Gasteiger partial charge < -0.3 is 10.1 Å². The number of nitrogens with one attached hydrogen (secondary N) is 2. The molecule has 0 heterocycles. The summed E-state index contributed by atoms with van der Waals surface area (Å²) in [6.45, 7) is 7.54. The summed E-state index contributed by atoms with van der Waals surface area (Å²) in [7, 11) is -2.03. The Hall–Kier alpha value is -1.44. The number of sulfonamides is 1. The van der Waals surface area contributed by atoms with Gasteiger partial charge in [-0.2, -0.15) is 0 Å². The topological polar surface area (TPSA) is 84.5 Å². The first-order chi connectivity index (χ1) is 10.0. The lowest BCUT2D eigenvalue weighted by molar-refractivity contribution is 0.0905. The molecule has 22 heavy (non-hydrogen) atoms. The molecule has 1 atom stereocenters. The Labute approximate surface area is 132 Å². The van der Waals surface area contributed by atoms with Crippen molar-refractivity contribution >= 4 is 15.9 Å². The molecule has 124 valence electrons. The molecule has 0 fully saturated rings. The molecule has 0 spiro atoms. The zero-order valence-corrected chi connectivity index (χ0v) is 14.5. The highest BCUT2D eigenvalue weighted by atomic mass is 32.2. The normalized spacial score (nSPS) is 13.7.